The van der Waals surface area contributed by atoms with E-state index in [2.05, 4.69) is 10.5 Å². The third kappa shape index (κ3) is 7.00. The maximum Gasteiger partial charge on any atom is 0.418 e. The number of ketones is 1. The second-order valence-corrected chi connectivity index (χ2v) is 10.1. The summed E-state index contributed by atoms with van der Waals surface area (Å²) in [6.45, 7) is 5.39. The largest absolute Gasteiger partial charge is 0.418 e. The molecule has 1 aromatic heterocycles. The average molecular weight is 586 g/mol. The summed E-state index contributed by atoms with van der Waals surface area (Å²) in [4.78, 5) is 14.0. The van der Waals surface area contributed by atoms with Crippen molar-refractivity contribution >= 4 is 23.2 Å². The first-order chi connectivity index (χ1) is 18.8. The number of carbonyl (C=O) groups is 1. The van der Waals surface area contributed by atoms with Gasteiger partial charge in [-0.1, -0.05) is 23.0 Å². The van der Waals surface area contributed by atoms with Crippen molar-refractivity contribution in [2.24, 2.45) is 0 Å². The predicted molar refractivity (Wildman–Crippen MR) is 136 cm³/mol. The van der Waals surface area contributed by atoms with Crippen LogP contribution >= 0.6 is 11.8 Å². The summed E-state index contributed by atoms with van der Waals surface area (Å²) in [7, 11) is 0. The summed E-state index contributed by atoms with van der Waals surface area (Å²) in [5, 5.41) is 6.98. The highest BCUT2D eigenvalue weighted by Gasteiger charge is 2.47. The van der Waals surface area contributed by atoms with Gasteiger partial charge >= 0.3 is 12.4 Å². The minimum Gasteiger partial charge on any atom is -0.381 e. The van der Waals surface area contributed by atoms with E-state index < -0.39 is 39.7 Å². The van der Waals surface area contributed by atoms with E-state index in [9.17, 15) is 31.1 Å². The first-order valence-electron chi connectivity index (χ1n) is 12.1. The highest BCUT2D eigenvalue weighted by Crippen LogP contribution is 2.48. The summed E-state index contributed by atoms with van der Waals surface area (Å²) >= 11 is 0.529. The van der Waals surface area contributed by atoms with Crippen LogP contribution in [0.3, 0.4) is 0 Å². The summed E-state index contributed by atoms with van der Waals surface area (Å²) in [6.07, 6.45) is -8.67. The van der Waals surface area contributed by atoms with Gasteiger partial charge in [0.25, 0.3) is 0 Å². The molecule has 2 heterocycles. The summed E-state index contributed by atoms with van der Waals surface area (Å²) in [6, 6.07) is 7.97. The molecule has 2 aromatic carbocycles. The van der Waals surface area contributed by atoms with Crippen LogP contribution < -0.4 is 5.32 Å². The number of aryl methyl sites for hydroxylation is 2. The molecular weight excluding hydrogens is 560 g/mol. The zero-order valence-electron chi connectivity index (χ0n) is 21.4. The highest BCUT2D eigenvalue weighted by molar-refractivity contribution is 7.99. The van der Waals surface area contributed by atoms with Crippen molar-refractivity contribution in [3.63, 3.8) is 0 Å². The number of rotatable bonds is 8. The molecule has 13 heteroatoms. The van der Waals surface area contributed by atoms with Gasteiger partial charge in [-0.2, -0.15) is 26.3 Å². The van der Waals surface area contributed by atoms with Gasteiger partial charge in [0.2, 0.25) is 0 Å². The number of morpholine rings is 1. The van der Waals surface area contributed by atoms with E-state index in [0.717, 1.165) is 23.8 Å². The number of aromatic nitrogens is 1. The number of alkyl halides is 6. The smallest absolute Gasteiger partial charge is 0.381 e. The van der Waals surface area contributed by atoms with Gasteiger partial charge in [-0.15, -0.1) is 0 Å². The number of benzene rings is 2. The van der Waals surface area contributed by atoms with Crippen LogP contribution in [0.4, 0.5) is 32.0 Å². The third-order valence-electron chi connectivity index (χ3n) is 6.19. The molecule has 0 spiro atoms. The lowest BCUT2D eigenvalue weighted by molar-refractivity contribution is -0.163. The van der Waals surface area contributed by atoms with Crippen molar-refractivity contribution < 1.29 is 40.4 Å². The molecule has 1 fully saturated rings. The van der Waals surface area contributed by atoms with Crippen LogP contribution in [-0.2, 0) is 23.6 Å². The molecule has 40 heavy (non-hydrogen) atoms. The molecule has 6 nitrogen and oxygen atoms in total. The fraction of sp³-hybridized carbons (Fsp3) is 0.333. The monoisotopic (exact) mass is 585 g/mol. The Kier molecular flexibility index (Phi) is 8.83. The predicted octanol–water partition coefficient (Wildman–Crippen LogP) is 7.12. The van der Waals surface area contributed by atoms with Crippen LogP contribution in [0.2, 0.25) is 0 Å². The Morgan fingerprint density at radius 2 is 1.75 bits per heavy atom. The minimum atomic E-state index is -5.43. The molecule has 0 amide bonds. The van der Waals surface area contributed by atoms with E-state index in [-0.39, 0.29) is 4.90 Å². The summed E-state index contributed by atoms with van der Waals surface area (Å²) in [5.41, 5.74) is -2.94. The zero-order chi connectivity index (χ0) is 29.1. The minimum absolute atomic E-state index is 0.272. The zero-order valence-corrected chi connectivity index (χ0v) is 22.3. The molecule has 1 aliphatic rings. The number of carbonyl (C=O) groups excluding carboxylic acids is 1. The number of nitrogens with one attached hydrogen (secondary N) is 1. The van der Waals surface area contributed by atoms with Gasteiger partial charge in [0.05, 0.1) is 30.0 Å². The summed E-state index contributed by atoms with van der Waals surface area (Å²) < 4.78 is 95.3. The van der Waals surface area contributed by atoms with Crippen LogP contribution in [0.5, 0.6) is 0 Å². The highest BCUT2D eigenvalue weighted by atomic mass is 32.2. The SMILES string of the molecule is Cc1noc(C)c1CNc1cccc(Sc2ccc(C(=O)C=CN3CCOCC3)c(C(F)(F)F)c2C(F)(F)F)c1. The third-order valence-corrected chi connectivity index (χ3v) is 7.24. The van der Waals surface area contributed by atoms with E-state index in [4.69, 9.17) is 9.26 Å². The molecule has 1 saturated heterocycles. The molecule has 3 aromatic rings. The lowest BCUT2D eigenvalue weighted by Crippen LogP contribution is -2.32. The van der Waals surface area contributed by atoms with Crippen molar-refractivity contribution in [3.05, 3.63) is 82.4 Å². The van der Waals surface area contributed by atoms with E-state index in [1.165, 1.54) is 18.3 Å². The van der Waals surface area contributed by atoms with Crippen molar-refractivity contribution in [2.75, 3.05) is 31.6 Å². The maximum absolute atomic E-state index is 14.2. The molecule has 214 valence electrons. The normalized spacial score (nSPS) is 14.7. The average Bonchev–Trinajstić information content (AvgIpc) is 3.22. The Bertz CT molecular complexity index is 1380. The Labute approximate surface area is 230 Å². The molecule has 0 radical (unpaired) electrons. The standard InChI is InChI=1S/C27H25F6N3O3S/c1-16-21(17(2)39-35-16)15-34-18-4-3-5-19(14-18)40-23-7-6-20(22(37)8-9-36-10-12-38-13-11-36)24(26(28,29)30)25(23)27(31,32)33/h3-9,14,34H,10-13,15H2,1-2H3. The number of allylic oxidation sites excluding steroid dienone is 1. The van der Waals surface area contributed by atoms with Gasteiger partial charge in [-0.05, 0) is 44.2 Å². The first-order valence-corrected chi connectivity index (χ1v) is 13.0. The fourth-order valence-corrected chi connectivity index (χ4v) is 5.22. The van der Waals surface area contributed by atoms with Crippen LogP contribution in [0.1, 0.15) is 38.5 Å². The summed E-state index contributed by atoms with van der Waals surface area (Å²) in [5.74, 6) is -0.564. The topological polar surface area (TPSA) is 67.6 Å². The van der Waals surface area contributed by atoms with Crippen LogP contribution in [0.15, 0.2) is 63.0 Å². The molecule has 4 rings (SSSR count). The maximum atomic E-state index is 14.2. The first kappa shape index (κ1) is 29.5. The molecule has 0 atom stereocenters. The number of hydrogen-bond acceptors (Lipinski definition) is 7. The van der Waals surface area contributed by atoms with Gasteiger partial charge in [0, 0.05) is 58.5 Å². The molecule has 1 N–H and O–H groups in total. The number of nitrogens with zero attached hydrogens (tertiary/aromatic N) is 2. The Morgan fingerprint density at radius 1 is 1.05 bits per heavy atom. The van der Waals surface area contributed by atoms with Crippen LogP contribution in [-0.4, -0.2) is 42.1 Å². The van der Waals surface area contributed by atoms with Crippen LogP contribution in [0, 0.1) is 13.8 Å². The van der Waals surface area contributed by atoms with Gasteiger partial charge in [0.15, 0.2) is 5.78 Å². The Hall–Kier alpha value is -3.45. The molecular formula is C27H25F6N3O3S. The fourth-order valence-electron chi connectivity index (χ4n) is 4.18. The number of hydrogen-bond donors (Lipinski definition) is 1. The van der Waals surface area contributed by atoms with E-state index in [0.29, 0.717) is 61.8 Å². The van der Waals surface area contributed by atoms with E-state index in [1.54, 1.807) is 30.9 Å². The second-order valence-electron chi connectivity index (χ2n) is 8.97. The van der Waals surface area contributed by atoms with Gasteiger partial charge in [-0.25, -0.2) is 0 Å². The molecule has 0 aliphatic carbocycles. The Morgan fingerprint density at radius 3 is 2.38 bits per heavy atom. The molecule has 0 unspecified atom stereocenters. The molecule has 0 bridgehead atoms. The van der Waals surface area contributed by atoms with Crippen molar-refractivity contribution in [2.45, 2.75) is 42.5 Å². The number of anilines is 1. The Balaban J connectivity index is 1.66. The van der Waals surface area contributed by atoms with Crippen LogP contribution in [0.25, 0.3) is 0 Å². The second kappa shape index (κ2) is 12.0. The van der Waals surface area contributed by atoms with Gasteiger partial charge < -0.3 is 19.5 Å². The van der Waals surface area contributed by atoms with Crippen molar-refractivity contribution in [1.82, 2.24) is 10.1 Å². The van der Waals surface area contributed by atoms with E-state index >= 15 is 0 Å². The van der Waals surface area contributed by atoms with Gasteiger partial charge in [-0.3, -0.25) is 4.79 Å². The van der Waals surface area contributed by atoms with Gasteiger partial charge in [0.1, 0.15) is 5.76 Å². The number of halogens is 6. The lowest BCUT2D eigenvalue weighted by atomic mass is 9.96. The molecule has 1 aliphatic heterocycles. The number of ether oxygens (including phenoxy) is 1. The molecule has 0 saturated carbocycles. The quantitative estimate of drug-likeness (QED) is 0.172. The van der Waals surface area contributed by atoms with E-state index in [1.807, 2.05) is 0 Å². The van der Waals surface area contributed by atoms with Crippen molar-refractivity contribution in [1.29, 1.82) is 0 Å². The van der Waals surface area contributed by atoms with Crippen molar-refractivity contribution in [3.8, 4) is 0 Å². The lowest BCUT2D eigenvalue weighted by Gasteiger charge is -2.25.